The van der Waals surface area contributed by atoms with Gasteiger partial charge in [0.05, 0.1) is 12.3 Å². The second-order valence-corrected chi connectivity index (χ2v) is 2.81. The van der Waals surface area contributed by atoms with Gasteiger partial charge in [-0.05, 0) is 6.42 Å². The van der Waals surface area contributed by atoms with Crippen LogP contribution in [0.1, 0.15) is 12.8 Å². The van der Waals surface area contributed by atoms with Crippen LogP contribution < -0.4 is 5.73 Å². The van der Waals surface area contributed by atoms with Crippen molar-refractivity contribution in [1.82, 2.24) is 0 Å². The summed E-state index contributed by atoms with van der Waals surface area (Å²) in [5.74, 6) is -5.26. The molecule has 0 amide bonds. The first-order valence-electron chi connectivity index (χ1n) is 3.77. The number of aliphatic carboxylic acids is 3. The zero-order valence-corrected chi connectivity index (χ0v) is 7.21. The summed E-state index contributed by atoms with van der Waals surface area (Å²) in [5, 5.41) is 25.3. The molecule has 0 aromatic rings. The Kier molecular flexibility index (Phi) is 4.57. The topological polar surface area (TPSA) is 138 Å². The molecule has 0 spiro atoms. The number of hydrogen-bond acceptors (Lipinski definition) is 4. The van der Waals surface area contributed by atoms with E-state index in [1.165, 1.54) is 0 Å². The highest BCUT2D eigenvalue weighted by atomic mass is 16.4. The van der Waals surface area contributed by atoms with Gasteiger partial charge in [0.25, 0.3) is 0 Å². The minimum Gasteiger partial charge on any atom is -0.481 e. The lowest BCUT2D eigenvalue weighted by Crippen LogP contribution is -2.35. The summed E-state index contributed by atoms with van der Waals surface area (Å²) in [6.07, 6.45) is -1.02. The molecule has 7 heteroatoms. The molecular formula is C7H11NO6. The lowest BCUT2D eigenvalue weighted by Gasteiger charge is -2.12. The molecule has 0 aromatic carbocycles. The maximum Gasteiger partial charge on any atom is 0.320 e. The van der Waals surface area contributed by atoms with Gasteiger partial charge in [-0.15, -0.1) is 0 Å². The Hall–Kier alpha value is -1.63. The monoisotopic (exact) mass is 205 g/mol. The number of hydrogen-bond donors (Lipinski definition) is 4. The zero-order chi connectivity index (χ0) is 11.3. The lowest BCUT2D eigenvalue weighted by atomic mass is 9.97. The minimum absolute atomic E-state index is 0.392. The lowest BCUT2D eigenvalue weighted by molar-refractivity contribution is -0.149. The first-order chi connectivity index (χ1) is 6.34. The molecule has 2 unspecified atom stereocenters. The molecule has 0 aliphatic carbocycles. The Morgan fingerprint density at radius 2 is 1.57 bits per heavy atom. The molecule has 2 atom stereocenters. The maximum atomic E-state index is 10.5. The Morgan fingerprint density at radius 3 is 1.86 bits per heavy atom. The molecule has 0 aliphatic heterocycles. The summed E-state index contributed by atoms with van der Waals surface area (Å²) in [5.41, 5.74) is 5.08. The van der Waals surface area contributed by atoms with Crippen molar-refractivity contribution in [3.05, 3.63) is 0 Å². The van der Waals surface area contributed by atoms with Crippen LogP contribution in [0, 0.1) is 5.92 Å². The molecule has 0 bridgehead atoms. The molecule has 0 heterocycles. The summed E-state index contributed by atoms with van der Waals surface area (Å²) in [4.78, 5) is 31.0. The van der Waals surface area contributed by atoms with Gasteiger partial charge in [-0.3, -0.25) is 14.4 Å². The molecular weight excluding hydrogens is 194 g/mol. The summed E-state index contributed by atoms with van der Waals surface area (Å²) in [6.45, 7) is 0. The van der Waals surface area contributed by atoms with Crippen LogP contribution in [0.15, 0.2) is 0 Å². The van der Waals surface area contributed by atoms with Crippen LogP contribution in [-0.2, 0) is 14.4 Å². The fraction of sp³-hybridized carbons (Fsp3) is 0.571. The van der Waals surface area contributed by atoms with Crippen molar-refractivity contribution in [1.29, 1.82) is 0 Å². The smallest absolute Gasteiger partial charge is 0.320 e. The predicted octanol–water partition coefficient (Wildman–Crippen LogP) is -1.04. The Bertz CT molecular complexity index is 251. The fourth-order valence-electron chi connectivity index (χ4n) is 0.890. The van der Waals surface area contributed by atoms with Gasteiger partial charge in [0.1, 0.15) is 6.04 Å². The van der Waals surface area contributed by atoms with Crippen molar-refractivity contribution in [2.45, 2.75) is 18.9 Å². The average Bonchev–Trinajstić information content (AvgIpc) is 2.01. The van der Waals surface area contributed by atoms with Crippen LogP contribution in [0.5, 0.6) is 0 Å². The van der Waals surface area contributed by atoms with Gasteiger partial charge in [0, 0.05) is 0 Å². The van der Waals surface area contributed by atoms with Gasteiger partial charge in [-0.2, -0.15) is 0 Å². The van der Waals surface area contributed by atoms with Crippen molar-refractivity contribution < 1.29 is 29.7 Å². The Morgan fingerprint density at radius 1 is 1.07 bits per heavy atom. The minimum atomic E-state index is -1.36. The highest BCUT2D eigenvalue weighted by Crippen LogP contribution is 2.11. The molecule has 0 rings (SSSR count). The van der Waals surface area contributed by atoms with Gasteiger partial charge in [-0.25, -0.2) is 0 Å². The largest absolute Gasteiger partial charge is 0.481 e. The number of rotatable bonds is 6. The maximum absolute atomic E-state index is 10.5. The molecule has 0 aromatic heterocycles. The van der Waals surface area contributed by atoms with Crippen LogP contribution in [0.25, 0.3) is 0 Å². The highest BCUT2D eigenvalue weighted by molar-refractivity contribution is 5.79. The zero-order valence-electron chi connectivity index (χ0n) is 7.21. The van der Waals surface area contributed by atoms with Crippen molar-refractivity contribution in [2.24, 2.45) is 11.7 Å². The molecule has 0 fully saturated rings. The van der Waals surface area contributed by atoms with E-state index in [-0.39, 0.29) is 0 Å². The third-order valence-corrected chi connectivity index (χ3v) is 1.63. The van der Waals surface area contributed by atoms with Gasteiger partial charge >= 0.3 is 17.9 Å². The molecule has 7 nitrogen and oxygen atoms in total. The van der Waals surface area contributed by atoms with Crippen LogP contribution in [0.2, 0.25) is 0 Å². The van der Waals surface area contributed by atoms with E-state index in [4.69, 9.17) is 21.1 Å². The predicted molar refractivity (Wildman–Crippen MR) is 43.6 cm³/mol. The summed E-state index contributed by atoms with van der Waals surface area (Å²) >= 11 is 0. The van der Waals surface area contributed by atoms with Crippen molar-refractivity contribution in [2.75, 3.05) is 0 Å². The van der Waals surface area contributed by atoms with Crippen LogP contribution in [0.4, 0.5) is 0 Å². The van der Waals surface area contributed by atoms with E-state index < -0.39 is 42.7 Å². The van der Waals surface area contributed by atoms with Gasteiger partial charge < -0.3 is 21.1 Å². The van der Waals surface area contributed by atoms with E-state index in [0.717, 1.165) is 0 Å². The fourth-order valence-corrected chi connectivity index (χ4v) is 0.890. The quantitative estimate of drug-likeness (QED) is 0.434. The van der Waals surface area contributed by atoms with Gasteiger partial charge in [0.15, 0.2) is 0 Å². The van der Waals surface area contributed by atoms with E-state index in [9.17, 15) is 14.4 Å². The SMILES string of the molecule is NC(CC(CC(=O)O)C(=O)O)C(=O)O. The highest BCUT2D eigenvalue weighted by Gasteiger charge is 2.26. The van der Waals surface area contributed by atoms with Crippen LogP contribution in [0.3, 0.4) is 0 Å². The number of nitrogens with two attached hydrogens (primary N) is 1. The number of carbonyl (C=O) groups is 3. The van der Waals surface area contributed by atoms with E-state index in [1.54, 1.807) is 0 Å². The van der Waals surface area contributed by atoms with Crippen LogP contribution in [-0.4, -0.2) is 39.3 Å². The molecule has 0 saturated carbocycles. The number of carboxylic acids is 3. The molecule has 14 heavy (non-hydrogen) atoms. The third kappa shape index (κ3) is 4.41. The summed E-state index contributed by atoms with van der Waals surface area (Å²) in [6, 6.07) is -1.35. The Labute approximate surface area is 79.1 Å². The molecule has 0 radical (unpaired) electrons. The normalized spacial score (nSPS) is 14.4. The second kappa shape index (κ2) is 5.18. The summed E-state index contributed by atoms with van der Waals surface area (Å²) < 4.78 is 0. The van der Waals surface area contributed by atoms with E-state index in [1.807, 2.05) is 0 Å². The average molecular weight is 205 g/mol. The molecule has 80 valence electrons. The molecule has 5 N–H and O–H groups in total. The van der Waals surface area contributed by atoms with E-state index >= 15 is 0 Å². The van der Waals surface area contributed by atoms with Gasteiger partial charge in [-0.1, -0.05) is 0 Å². The van der Waals surface area contributed by atoms with Crippen molar-refractivity contribution in [3.63, 3.8) is 0 Å². The second-order valence-electron chi connectivity index (χ2n) is 2.81. The van der Waals surface area contributed by atoms with Gasteiger partial charge in [0.2, 0.25) is 0 Å². The standard InChI is InChI=1S/C7H11NO6/c8-4(7(13)14)1-3(6(11)12)2-5(9)10/h3-4H,1-2,8H2,(H,9,10)(H,11,12)(H,13,14). The van der Waals surface area contributed by atoms with Crippen molar-refractivity contribution >= 4 is 17.9 Å². The van der Waals surface area contributed by atoms with Crippen molar-refractivity contribution in [3.8, 4) is 0 Å². The molecule has 0 aliphatic rings. The van der Waals surface area contributed by atoms with E-state index in [0.29, 0.717) is 0 Å². The van der Waals surface area contributed by atoms with E-state index in [2.05, 4.69) is 0 Å². The first-order valence-corrected chi connectivity index (χ1v) is 3.77. The Balaban J connectivity index is 4.30. The third-order valence-electron chi connectivity index (χ3n) is 1.63. The first kappa shape index (κ1) is 12.4. The summed E-state index contributed by atoms with van der Waals surface area (Å²) in [7, 11) is 0. The molecule has 0 saturated heterocycles. The number of carboxylic acid groups (broad SMARTS) is 3. The van der Waals surface area contributed by atoms with Crippen LogP contribution >= 0.6 is 0 Å².